The fourth-order valence-electron chi connectivity index (χ4n) is 3.58. The molecule has 2 aliphatic carbocycles. The van der Waals surface area contributed by atoms with Gasteiger partial charge in [-0.3, -0.25) is 10.1 Å². The van der Waals surface area contributed by atoms with E-state index in [2.05, 4.69) is 21.2 Å². The van der Waals surface area contributed by atoms with Crippen LogP contribution in [-0.4, -0.2) is 23.7 Å². The summed E-state index contributed by atoms with van der Waals surface area (Å²) in [5.41, 5.74) is 1.16. The van der Waals surface area contributed by atoms with Crippen molar-refractivity contribution in [1.82, 2.24) is 0 Å². The van der Waals surface area contributed by atoms with Crippen LogP contribution in [0, 0.1) is 15.5 Å². The zero-order chi connectivity index (χ0) is 15.0. The van der Waals surface area contributed by atoms with Crippen molar-refractivity contribution in [3.8, 4) is 0 Å². The Hall–Kier alpha value is -1.14. The Morgan fingerprint density at radius 2 is 2.29 bits per heavy atom. The fourth-order valence-corrected chi connectivity index (χ4v) is 3.98. The molecule has 1 N–H and O–H groups in total. The number of ether oxygens (including phenoxy) is 1. The Morgan fingerprint density at radius 3 is 2.86 bits per heavy atom. The first-order valence-electron chi connectivity index (χ1n) is 7.39. The van der Waals surface area contributed by atoms with E-state index in [0.29, 0.717) is 16.6 Å². The standard InChI is InChI=1S/C15H19BrN2O3/c1-2-21-14-9-13(15(14)6-3-7-15)17-10-4-5-11(16)12(8-10)18(19)20/h4-5,8,13-14,17H,2-3,6-7,9H2,1H3. The van der Waals surface area contributed by atoms with E-state index in [1.54, 1.807) is 12.1 Å². The first-order chi connectivity index (χ1) is 10.1. The third kappa shape index (κ3) is 2.44. The van der Waals surface area contributed by atoms with Crippen LogP contribution in [-0.2, 0) is 4.74 Å². The molecule has 5 nitrogen and oxygen atoms in total. The van der Waals surface area contributed by atoms with Crippen LogP contribution in [0.1, 0.15) is 32.6 Å². The van der Waals surface area contributed by atoms with Crippen molar-refractivity contribution in [3.05, 3.63) is 32.8 Å². The van der Waals surface area contributed by atoms with Gasteiger partial charge in [0.05, 0.1) is 15.5 Å². The highest BCUT2D eigenvalue weighted by Crippen LogP contribution is 2.58. The van der Waals surface area contributed by atoms with Crippen LogP contribution in [0.2, 0.25) is 0 Å². The number of nitro benzene ring substituents is 1. The molecule has 0 amide bonds. The lowest BCUT2D eigenvalue weighted by atomic mass is 9.51. The minimum Gasteiger partial charge on any atom is -0.381 e. The molecule has 2 unspecified atom stereocenters. The van der Waals surface area contributed by atoms with Crippen LogP contribution in [0.5, 0.6) is 0 Å². The van der Waals surface area contributed by atoms with Crippen molar-refractivity contribution in [3.63, 3.8) is 0 Å². The van der Waals surface area contributed by atoms with Crippen molar-refractivity contribution >= 4 is 27.3 Å². The Bertz CT molecular complexity index is 560. The van der Waals surface area contributed by atoms with Crippen molar-refractivity contribution in [1.29, 1.82) is 0 Å². The molecule has 0 saturated heterocycles. The number of hydrogen-bond acceptors (Lipinski definition) is 4. The summed E-state index contributed by atoms with van der Waals surface area (Å²) < 4.78 is 6.34. The van der Waals surface area contributed by atoms with E-state index in [1.807, 2.05) is 13.0 Å². The summed E-state index contributed by atoms with van der Waals surface area (Å²) in [4.78, 5) is 10.6. The van der Waals surface area contributed by atoms with Gasteiger partial charge >= 0.3 is 0 Å². The highest BCUT2D eigenvalue weighted by Gasteiger charge is 2.58. The van der Waals surface area contributed by atoms with Gasteiger partial charge in [0.25, 0.3) is 5.69 Å². The van der Waals surface area contributed by atoms with Gasteiger partial charge in [-0.15, -0.1) is 0 Å². The molecule has 2 saturated carbocycles. The smallest absolute Gasteiger partial charge is 0.285 e. The molecule has 1 aromatic rings. The summed E-state index contributed by atoms with van der Waals surface area (Å²) in [6, 6.07) is 5.58. The monoisotopic (exact) mass is 354 g/mol. The summed E-state index contributed by atoms with van der Waals surface area (Å²) in [5, 5.41) is 14.5. The lowest BCUT2D eigenvalue weighted by Crippen LogP contribution is -2.64. The number of nitrogens with one attached hydrogen (secondary N) is 1. The number of rotatable bonds is 5. The lowest BCUT2D eigenvalue weighted by molar-refractivity contribution is -0.385. The maximum Gasteiger partial charge on any atom is 0.285 e. The average molecular weight is 355 g/mol. The summed E-state index contributed by atoms with van der Waals surface area (Å²) >= 11 is 3.22. The molecule has 0 radical (unpaired) electrons. The van der Waals surface area contributed by atoms with Crippen LogP contribution in [0.15, 0.2) is 22.7 Å². The summed E-state index contributed by atoms with van der Waals surface area (Å²) in [6.45, 7) is 2.79. The molecule has 2 aliphatic rings. The molecule has 1 spiro atoms. The second-order valence-corrected chi connectivity index (χ2v) is 6.74. The molecular formula is C15H19BrN2O3. The van der Waals surface area contributed by atoms with Gasteiger partial charge in [-0.1, -0.05) is 6.42 Å². The molecule has 0 aromatic heterocycles. The van der Waals surface area contributed by atoms with E-state index in [1.165, 1.54) is 19.3 Å². The van der Waals surface area contributed by atoms with Crippen molar-refractivity contribution in [2.24, 2.45) is 5.41 Å². The van der Waals surface area contributed by atoms with Gasteiger partial charge in [0.1, 0.15) is 0 Å². The van der Waals surface area contributed by atoms with E-state index in [9.17, 15) is 10.1 Å². The Kier molecular flexibility index (Phi) is 3.92. The molecule has 114 valence electrons. The van der Waals surface area contributed by atoms with Gasteiger partial charge < -0.3 is 10.1 Å². The number of halogens is 1. The highest BCUT2D eigenvalue weighted by molar-refractivity contribution is 9.10. The van der Waals surface area contributed by atoms with Crippen LogP contribution < -0.4 is 5.32 Å². The third-order valence-electron chi connectivity index (χ3n) is 4.92. The zero-order valence-electron chi connectivity index (χ0n) is 12.0. The van der Waals surface area contributed by atoms with Gasteiger partial charge in [-0.25, -0.2) is 0 Å². The van der Waals surface area contributed by atoms with Crippen LogP contribution >= 0.6 is 15.9 Å². The topological polar surface area (TPSA) is 64.4 Å². The third-order valence-corrected chi connectivity index (χ3v) is 5.59. The van der Waals surface area contributed by atoms with Crippen molar-refractivity contribution < 1.29 is 9.66 Å². The van der Waals surface area contributed by atoms with Crippen LogP contribution in [0.3, 0.4) is 0 Å². The normalized spacial score (nSPS) is 26.0. The first-order valence-corrected chi connectivity index (χ1v) is 8.18. The van der Waals surface area contributed by atoms with Crippen LogP contribution in [0.4, 0.5) is 11.4 Å². The van der Waals surface area contributed by atoms with E-state index in [0.717, 1.165) is 18.7 Å². The van der Waals surface area contributed by atoms with Gasteiger partial charge in [0.2, 0.25) is 0 Å². The predicted octanol–water partition coefficient (Wildman–Crippen LogP) is 4.12. The minimum absolute atomic E-state index is 0.100. The van der Waals surface area contributed by atoms with Crippen molar-refractivity contribution in [2.75, 3.05) is 11.9 Å². The van der Waals surface area contributed by atoms with Crippen LogP contribution in [0.25, 0.3) is 0 Å². The van der Waals surface area contributed by atoms with Gasteiger partial charge in [-0.05, 0) is 54.2 Å². The van der Waals surface area contributed by atoms with Gasteiger partial charge in [0.15, 0.2) is 0 Å². The molecule has 0 heterocycles. The largest absolute Gasteiger partial charge is 0.381 e. The Morgan fingerprint density at radius 1 is 1.52 bits per heavy atom. The molecule has 2 atom stereocenters. The molecule has 6 heteroatoms. The van der Waals surface area contributed by atoms with Crippen molar-refractivity contribution in [2.45, 2.75) is 44.8 Å². The SMILES string of the molecule is CCOC1CC(Nc2ccc(Br)c([N+](=O)[O-])c2)C12CCC2. The molecule has 0 bridgehead atoms. The lowest BCUT2D eigenvalue weighted by Gasteiger charge is -2.61. The molecular weight excluding hydrogens is 336 g/mol. The van der Waals surface area contributed by atoms with Gasteiger partial charge in [0, 0.05) is 29.8 Å². The first kappa shape index (κ1) is 14.8. The number of nitro groups is 1. The summed E-state index contributed by atoms with van der Waals surface area (Å²) in [5.74, 6) is 0. The van der Waals surface area contributed by atoms with E-state index < -0.39 is 0 Å². The maximum absolute atomic E-state index is 11.0. The Labute approximate surface area is 132 Å². The quantitative estimate of drug-likeness (QED) is 0.638. The minimum atomic E-state index is -0.363. The number of anilines is 1. The number of hydrogen-bond donors (Lipinski definition) is 1. The summed E-state index contributed by atoms with van der Waals surface area (Å²) in [6.07, 6.45) is 4.96. The van der Waals surface area contributed by atoms with E-state index in [-0.39, 0.29) is 16.0 Å². The second kappa shape index (κ2) is 5.57. The number of benzene rings is 1. The average Bonchev–Trinajstić information content (AvgIpc) is 2.37. The van der Waals surface area contributed by atoms with E-state index in [4.69, 9.17) is 4.74 Å². The molecule has 2 fully saturated rings. The number of nitrogens with zero attached hydrogens (tertiary/aromatic N) is 1. The Balaban J connectivity index is 1.73. The highest BCUT2D eigenvalue weighted by atomic mass is 79.9. The van der Waals surface area contributed by atoms with Gasteiger partial charge in [-0.2, -0.15) is 0 Å². The second-order valence-electron chi connectivity index (χ2n) is 5.89. The molecule has 1 aromatic carbocycles. The van der Waals surface area contributed by atoms with E-state index >= 15 is 0 Å². The molecule has 0 aliphatic heterocycles. The maximum atomic E-state index is 11.0. The fraction of sp³-hybridized carbons (Fsp3) is 0.600. The molecule has 3 rings (SSSR count). The molecule has 21 heavy (non-hydrogen) atoms. The zero-order valence-corrected chi connectivity index (χ0v) is 13.6. The summed E-state index contributed by atoms with van der Waals surface area (Å²) in [7, 11) is 0. The predicted molar refractivity (Wildman–Crippen MR) is 84.5 cm³/mol.